The predicted molar refractivity (Wildman–Crippen MR) is 582 cm³/mol. The molecular formula is C132H96N10Ni6S. The third-order valence-corrected chi connectivity index (χ3v) is 20.1. The van der Waals surface area contributed by atoms with Crippen LogP contribution in [0.2, 0.25) is 0 Å². The van der Waals surface area contributed by atoms with Gasteiger partial charge in [-0.25, -0.2) is 33.4 Å². The first-order valence-corrected chi connectivity index (χ1v) is 46.0. The third kappa shape index (κ3) is 44.8. The van der Waals surface area contributed by atoms with E-state index >= 15 is 0 Å². The summed E-state index contributed by atoms with van der Waals surface area (Å²) in [4.78, 5) is 33.9. The van der Waals surface area contributed by atoms with Crippen LogP contribution in [0.15, 0.2) is 492 Å². The van der Waals surface area contributed by atoms with E-state index in [2.05, 4.69) is 182 Å². The molecule has 149 heavy (non-hydrogen) atoms. The van der Waals surface area contributed by atoms with Gasteiger partial charge in [-0.15, -0.1) is 143 Å². The fraction of sp³-hybridized carbons (Fsp3) is 0.0455. The molecule has 0 N–H and O–H groups in total. The molecule has 0 bridgehead atoms. The Kier molecular flexibility index (Phi) is 60.5. The number of nitrogens with zero attached hydrogens (tertiary/aromatic N) is 10. The van der Waals surface area contributed by atoms with Gasteiger partial charge < -0.3 is 27.2 Å². The monoisotopic (exact) mass is 2200 g/mol. The third-order valence-electron chi connectivity index (χ3n) is 20.1. The van der Waals surface area contributed by atoms with E-state index in [1.165, 1.54) is 10.7 Å². The van der Waals surface area contributed by atoms with E-state index in [0.717, 1.165) is 146 Å². The smallest absolute Gasteiger partial charge is 0.753 e. The van der Waals surface area contributed by atoms with Gasteiger partial charge >= 0.3 is 98.9 Å². The average Bonchev–Trinajstić information content (AvgIpc) is 0.880. The van der Waals surface area contributed by atoms with E-state index in [1.54, 1.807) is 61.7 Å². The molecule has 0 aliphatic heterocycles. The second kappa shape index (κ2) is 72.7. The molecule has 0 atom stereocenters. The van der Waals surface area contributed by atoms with Gasteiger partial charge in [-0.1, -0.05) is 143 Å². The summed E-state index contributed by atoms with van der Waals surface area (Å²) in [6.07, 6.45) is 14.2. The van der Waals surface area contributed by atoms with Crippen LogP contribution in [0, 0.1) is 123 Å². The Morgan fingerprint density at radius 3 is 0.564 bits per heavy atom. The number of hydrogen-bond donors (Lipinski definition) is 0. The van der Waals surface area contributed by atoms with Crippen LogP contribution in [0.5, 0.6) is 0 Å². The molecule has 8 heterocycles. The second-order valence-corrected chi connectivity index (χ2v) is 31.5. The summed E-state index contributed by atoms with van der Waals surface area (Å²) in [5, 5.41) is 14.7. The van der Waals surface area contributed by atoms with Crippen molar-refractivity contribution in [1.29, 1.82) is 5.26 Å². The summed E-state index contributed by atoms with van der Waals surface area (Å²) in [5.74, 6) is 0. The Bertz CT molecular complexity index is 5960. The summed E-state index contributed by atoms with van der Waals surface area (Å²) >= 11 is 3.70. The first-order chi connectivity index (χ1) is 70.4. The largest absolute Gasteiger partial charge is 3.00 e. The number of rotatable bonds is 12. The SMILES string of the molecule is CC(C)(C)c1cc[c-]cc1.Cc1c[c-]cc(C)n1.[C-]#N.[N-]=C=S.[Ni+3].[Ni+3].[Ni+3].[Ni+3].[Ni+3].[Ni+3].[c-]1ccccc1.[c-]1ccccc1-c1[c-]c(-c2ccccn2)ccc1.[c-]1ccccc1-c1[c-]c(-c2ccccn2)ccc1.[c-]1ccccc1-c1[c-]c(-c2ccccn2)ccc1.[c-]1ccccc1-c1[c-]c(-c2ccccn2)ccc1.[c-]1ccccc1-c1[c-]c(-c2ccccn2)ccc1.[c-]1ccccc1-c1[c-]c(-c2ccccn2)ccc1.[c-]1ccncc1. The van der Waals surface area contributed by atoms with Crippen molar-refractivity contribution in [3.05, 3.63) is 618 Å². The van der Waals surface area contributed by atoms with Crippen molar-refractivity contribution in [2.45, 2.75) is 40.0 Å². The molecule has 740 valence electrons. The summed E-state index contributed by atoms with van der Waals surface area (Å²) in [5.41, 5.74) is 27.9. The molecule has 8 aromatic heterocycles. The van der Waals surface area contributed by atoms with Crippen LogP contribution < -0.4 is 0 Å². The van der Waals surface area contributed by atoms with Gasteiger partial charge in [0.05, 0.1) is 0 Å². The van der Waals surface area contributed by atoms with Gasteiger partial charge in [0.25, 0.3) is 0 Å². The van der Waals surface area contributed by atoms with Gasteiger partial charge in [0.2, 0.25) is 0 Å². The van der Waals surface area contributed by atoms with Gasteiger partial charge in [0.15, 0.2) is 0 Å². The van der Waals surface area contributed by atoms with Crippen molar-refractivity contribution in [2.75, 3.05) is 0 Å². The van der Waals surface area contributed by atoms with E-state index < -0.39 is 0 Å². The maximum absolute atomic E-state index is 7.13. The van der Waals surface area contributed by atoms with Crippen LogP contribution >= 0.6 is 12.2 Å². The first kappa shape index (κ1) is 124. The maximum Gasteiger partial charge on any atom is 3.00 e. The van der Waals surface area contributed by atoms with E-state index in [-0.39, 0.29) is 104 Å². The number of aryl methyl sites for hydroxylation is 2. The molecule has 17 heteroatoms. The minimum atomic E-state index is 0. The van der Waals surface area contributed by atoms with E-state index in [0.29, 0.717) is 0 Å². The van der Waals surface area contributed by atoms with E-state index in [9.17, 15) is 0 Å². The average molecular weight is 2210 g/mol. The van der Waals surface area contributed by atoms with E-state index in [4.69, 9.17) is 17.2 Å². The number of aromatic nitrogens is 8. The predicted octanol–water partition coefficient (Wildman–Crippen LogP) is 31.5. The molecule has 0 spiro atoms. The molecule has 14 aromatic carbocycles. The normalized spacial score (nSPS) is 9.39. The Morgan fingerprint density at radius 2 is 0.423 bits per heavy atom. The Labute approximate surface area is 945 Å². The van der Waals surface area contributed by atoms with Crippen LogP contribution in [0.1, 0.15) is 37.7 Å². The quantitative estimate of drug-likeness (QED) is 0.0501. The maximum atomic E-state index is 7.13. The van der Waals surface area contributed by atoms with E-state index in [1.807, 2.05) is 432 Å². The van der Waals surface area contributed by atoms with Crippen molar-refractivity contribution in [2.24, 2.45) is 0 Å². The zero-order valence-corrected chi connectivity index (χ0v) is 88.3. The van der Waals surface area contributed by atoms with Gasteiger partial charge in [0.1, 0.15) is 0 Å². The molecule has 0 saturated heterocycles. The molecular weight excluding hydrogens is 2110 g/mol. The topological polar surface area (TPSA) is 149 Å². The zero-order valence-electron chi connectivity index (χ0n) is 81.5. The van der Waals surface area contributed by atoms with Gasteiger partial charge in [-0.3, -0.25) is 29.9 Å². The fourth-order valence-corrected chi connectivity index (χ4v) is 13.3. The van der Waals surface area contributed by atoms with Crippen LogP contribution in [-0.2, 0) is 104 Å². The molecule has 0 aliphatic rings. The number of thiocarbonyl (C=S) groups is 1. The van der Waals surface area contributed by atoms with Crippen LogP contribution in [0.4, 0.5) is 0 Å². The molecule has 0 saturated carbocycles. The molecule has 0 unspecified atom stereocenters. The number of pyridine rings is 8. The number of isothiocyanates is 1. The number of benzene rings is 14. The van der Waals surface area contributed by atoms with Crippen LogP contribution in [-0.4, -0.2) is 45.0 Å². The summed E-state index contributed by atoms with van der Waals surface area (Å²) < 4.78 is 0. The summed E-state index contributed by atoms with van der Waals surface area (Å²) in [6.45, 7) is 15.3. The number of hydrogen-bond acceptors (Lipinski definition) is 10. The summed E-state index contributed by atoms with van der Waals surface area (Å²) in [7, 11) is 0. The molecule has 22 rings (SSSR count). The molecule has 22 aromatic rings. The van der Waals surface area contributed by atoms with Crippen molar-refractivity contribution in [1.82, 2.24) is 39.9 Å². The van der Waals surface area contributed by atoms with Gasteiger partial charge in [0, 0.05) is 71.3 Å². The Morgan fingerprint density at radius 1 is 0.228 bits per heavy atom. The standard InChI is InChI=1S/6C17H11N.C10H13.C7H8N.C6H5.C5H4N.CNS.CN.6Ni/c6*1-2-7-14(8-3-1)15-9-6-10-16(13-15)17-11-4-5-12-18-17;1-10(2,3)9-7-5-4-6-8-9;1-6-4-3-5-7(2)8-6;2*1-2-4-6-5-3-1;2-1-3;1-2;;;;;;/h6*1-7,9-12H;5-8H,1-3H3;4-5H,1-2H3;1-5H;2-5H;;;;;;;;/q6*-2;6*-1;6*+3. The van der Waals surface area contributed by atoms with Crippen molar-refractivity contribution in [3.63, 3.8) is 0 Å². The van der Waals surface area contributed by atoms with Crippen molar-refractivity contribution in [3.8, 4) is 134 Å². The minimum Gasteiger partial charge on any atom is -0.753 e. The van der Waals surface area contributed by atoms with Crippen molar-refractivity contribution >= 4 is 17.4 Å². The molecule has 10 nitrogen and oxygen atoms in total. The Hall–Kier alpha value is -15.5. The second-order valence-electron chi connectivity index (χ2n) is 31.3. The molecule has 0 aliphatic carbocycles. The first-order valence-electron chi connectivity index (χ1n) is 45.5. The minimum absolute atomic E-state index is 0. The van der Waals surface area contributed by atoms with Crippen molar-refractivity contribution < 1.29 is 98.9 Å². The van der Waals surface area contributed by atoms with Crippen LogP contribution in [0.3, 0.4) is 0 Å². The molecule has 0 fully saturated rings. The fourth-order valence-electron chi connectivity index (χ4n) is 13.3. The summed E-state index contributed by atoms with van der Waals surface area (Å²) in [6, 6.07) is 196. The zero-order chi connectivity index (χ0) is 100. The van der Waals surface area contributed by atoms with Crippen LogP contribution in [0.25, 0.3) is 140 Å². The van der Waals surface area contributed by atoms with Gasteiger partial charge in [-0.05, 0) is 41.8 Å². The van der Waals surface area contributed by atoms with Gasteiger partial charge in [-0.2, -0.15) is 366 Å². The molecule has 0 amide bonds. The molecule has 6 radical (unpaired) electrons. The Balaban J connectivity index is 0.000000293.